The molecule has 0 radical (unpaired) electrons. The van der Waals surface area contributed by atoms with Gasteiger partial charge in [-0.15, -0.1) is 0 Å². The molecular weight excluding hydrogens is 295 g/mol. The lowest BCUT2D eigenvalue weighted by atomic mass is 10.2. The fraction of sp³-hybridized carbons (Fsp3) is 0.200. The van der Waals surface area contributed by atoms with Gasteiger partial charge in [0.1, 0.15) is 5.82 Å². The first-order chi connectivity index (χ1) is 10.1. The highest BCUT2D eigenvalue weighted by atomic mass is 35.5. The van der Waals surface area contributed by atoms with Gasteiger partial charge in [-0.3, -0.25) is 0 Å². The fourth-order valence-corrected chi connectivity index (χ4v) is 2.23. The Balaban J connectivity index is 1.88. The van der Waals surface area contributed by atoms with Crippen molar-refractivity contribution < 1.29 is 13.9 Å². The molecule has 0 bridgehead atoms. The maximum Gasteiger partial charge on any atom is 0.163 e. The number of rotatable bonds is 2. The molecule has 0 fully saturated rings. The molecule has 0 spiro atoms. The minimum Gasteiger partial charge on any atom is -0.490 e. The second-order valence-corrected chi connectivity index (χ2v) is 5.10. The van der Waals surface area contributed by atoms with Crippen molar-refractivity contribution in [2.24, 2.45) is 0 Å². The van der Waals surface area contributed by atoms with Crippen LogP contribution in [0.25, 0.3) is 0 Å². The summed E-state index contributed by atoms with van der Waals surface area (Å²) < 4.78 is 24.5. The zero-order chi connectivity index (χ0) is 14.8. The maximum absolute atomic E-state index is 13.3. The van der Waals surface area contributed by atoms with Crippen LogP contribution < -0.4 is 20.5 Å². The molecule has 3 rings (SSSR count). The van der Waals surface area contributed by atoms with Gasteiger partial charge in [-0.25, -0.2) is 4.39 Å². The third kappa shape index (κ3) is 2.97. The fourth-order valence-electron chi connectivity index (χ4n) is 2.07. The highest BCUT2D eigenvalue weighted by molar-refractivity contribution is 6.31. The second-order valence-electron chi connectivity index (χ2n) is 4.69. The van der Waals surface area contributed by atoms with E-state index >= 15 is 0 Å². The van der Waals surface area contributed by atoms with Gasteiger partial charge in [-0.1, -0.05) is 11.6 Å². The minimum absolute atomic E-state index is 0.0149. The Hall–Kier alpha value is -2.14. The van der Waals surface area contributed by atoms with E-state index in [1.54, 1.807) is 0 Å². The molecule has 0 atom stereocenters. The Bertz CT molecular complexity index is 679. The number of nitrogen functional groups attached to an aromatic ring is 1. The van der Waals surface area contributed by atoms with E-state index in [2.05, 4.69) is 5.32 Å². The molecule has 1 heterocycles. The Kier molecular flexibility index (Phi) is 3.75. The molecule has 4 nitrogen and oxygen atoms in total. The van der Waals surface area contributed by atoms with Gasteiger partial charge >= 0.3 is 0 Å². The first-order valence-corrected chi connectivity index (χ1v) is 6.92. The van der Waals surface area contributed by atoms with Crippen LogP contribution in [0.4, 0.5) is 21.5 Å². The molecular formula is C15H14ClFN2O2. The van der Waals surface area contributed by atoms with Gasteiger partial charge in [0.2, 0.25) is 0 Å². The quantitative estimate of drug-likeness (QED) is 0.824. The van der Waals surface area contributed by atoms with E-state index in [4.69, 9.17) is 26.8 Å². The summed E-state index contributed by atoms with van der Waals surface area (Å²) >= 11 is 5.77. The molecule has 0 saturated heterocycles. The summed E-state index contributed by atoms with van der Waals surface area (Å²) in [5.74, 6) is 0.839. The number of nitrogens with two attached hydrogens (primary N) is 1. The van der Waals surface area contributed by atoms with E-state index in [1.807, 2.05) is 18.2 Å². The Morgan fingerprint density at radius 2 is 1.86 bits per heavy atom. The number of ether oxygens (including phenoxy) is 2. The Morgan fingerprint density at radius 3 is 2.67 bits per heavy atom. The largest absolute Gasteiger partial charge is 0.490 e. The van der Waals surface area contributed by atoms with E-state index in [-0.39, 0.29) is 10.7 Å². The van der Waals surface area contributed by atoms with Gasteiger partial charge < -0.3 is 20.5 Å². The standard InChI is InChI=1S/C15H14ClFN2O2/c16-10-7-13(12(18)8-11(10)17)19-9-2-3-14-15(6-9)21-5-1-4-20-14/h2-3,6-8,19H,1,4-5,18H2. The SMILES string of the molecule is Nc1cc(F)c(Cl)cc1Nc1ccc2c(c1)OCCCO2. The van der Waals surface area contributed by atoms with Crippen LogP contribution in [0.5, 0.6) is 11.5 Å². The van der Waals surface area contributed by atoms with Crippen molar-refractivity contribution in [3.05, 3.63) is 41.2 Å². The number of hydrogen-bond donors (Lipinski definition) is 2. The monoisotopic (exact) mass is 308 g/mol. The van der Waals surface area contributed by atoms with E-state index in [1.165, 1.54) is 12.1 Å². The van der Waals surface area contributed by atoms with Crippen molar-refractivity contribution in [3.63, 3.8) is 0 Å². The number of nitrogens with one attached hydrogen (secondary N) is 1. The second kappa shape index (κ2) is 5.69. The van der Waals surface area contributed by atoms with Gasteiger partial charge in [0.15, 0.2) is 11.5 Å². The van der Waals surface area contributed by atoms with Gasteiger partial charge in [0.25, 0.3) is 0 Å². The number of hydrogen-bond acceptors (Lipinski definition) is 4. The summed E-state index contributed by atoms with van der Waals surface area (Å²) in [5.41, 5.74) is 7.36. The molecule has 2 aromatic rings. The van der Waals surface area contributed by atoms with Gasteiger partial charge in [0.05, 0.1) is 29.6 Å². The van der Waals surface area contributed by atoms with Crippen LogP contribution in [0.15, 0.2) is 30.3 Å². The number of fused-ring (bicyclic) bond motifs is 1. The molecule has 0 amide bonds. The van der Waals surface area contributed by atoms with Gasteiger partial charge in [-0.05, 0) is 18.2 Å². The highest BCUT2D eigenvalue weighted by Gasteiger charge is 2.12. The summed E-state index contributed by atoms with van der Waals surface area (Å²) in [6.07, 6.45) is 0.845. The van der Waals surface area contributed by atoms with Gasteiger partial charge in [0, 0.05) is 24.2 Å². The van der Waals surface area contributed by atoms with Crippen molar-refractivity contribution in [1.29, 1.82) is 0 Å². The van der Waals surface area contributed by atoms with Crippen LogP contribution >= 0.6 is 11.6 Å². The Morgan fingerprint density at radius 1 is 1.10 bits per heavy atom. The molecule has 0 aromatic heterocycles. The van der Waals surface area contributed by atoms with E-state index in [9.17, 15) is 4.39 Å². The van der Waals surface area contributed by atoms with E-state index in [0.717, 1.165) is 12.1 Å². The maximum atomic E-state index is 13.3. The Labute approximate surface area is 126 Å². The molecule has 3 N–H and O–H groups in total. The average Bonchev–Trinajstić information content (AvgIpc) is 2.69. The lowest BCUT2D eigenvalue weighted by molar-refractivity contribution is 0.297. The topological polar surface area (TPSA) is 56.5 Å². The van der Waals surface area contributed by atoms with Crippen molar-refractivity contribution in [3.8, 4) is 11.5 Å². The summed E-state index contributed by atoms with van der Waals surface area (Å²) in [5, 5.41) is 3.11. The van der Waals surface area contributed by atoms with Crippen molar-refractivity contribution in [1.82, 2.24) is 0 Å². The lowest BCUT2D eigenvalue weighted by Crippen LogP contribution is -1.99. The zero-order valence-corrected chi connectivity index (χ0v) is 11.9. The third-order valence-electron chi connectivity index (χ3n) is 3.12. The smallest absolute Gasteiger partial charge is 0.163 e. The van der Waals surface area contributed by atoms with Gasteiger partial charge in [-0.2, -0.15) is 0 Å². The predicted molar refractivity (Wildman–Crippen MR) is 81.2 cm³/mol. The van der Waals surface area contributed by atoms with Crippen molar-refractivity contribution >= 4 is 28.7 Å². The van der Waals surface area contributed by atoms with Crippen molar-refractivity contribution in [2.75, 3.05) is 24.3 Å². The lowest BCUT2D eigenvalue weighted by Gasteiger charge is -2.13. The summed E-state index contributed by atoms with van der Waals surface area (Å²) in [6, 6.07) is 8.12. The first kappa shape index (κ1) is 13.8. The normalized spacial score (nSPS) is 13.6. The van der Waals surface area contributed by atoms with E-state index < -0.39 is 5.82 Å². The summed E-state index contributed by atoms with van der Waals surface area (Å²) in [4.78, 5) is 0. The molecule has 1 aliphatic rings. The highest BCUT2D eigenvalue weighted by Crippen LogP contribution is 2.35. The molecule has 110 valence electrons. The molecule has 2 aromatic carbocycles. The van der Waals surface area contributed by atoms with Crippen LogP contribution in [-0.4, -0.2) is 13.2 Å². The minimum atomic E-state index is -0.543. The van der Waals surface area contributed by atoms with Crippen LogP contribution in [0, 0.1) is 5.82 Å². The van der Waals surface area contributed by atoms with Crippen LogP contribution in [-0.2, 0) is 0 Å². The number of halogens is 2. The molecule has 0 unspecified atom stereocenters. The summed E-state index contributed by atoms with van der Waals surface area (Å²) in [7, 11) is 0. The summed E-state index contributed by atoms with van der Waals surface area (Å²) in [6.45, 7) is 1.25. The van der Waals surface area contributed by atoms with Crippen LogP contribution in [0.2, 0.25) is 5.02 Å². The molecule has 0 saturated carbocycles. The molecule has 21 heavy (non-hydrogen) atoms. The van der Waals surface area contributed by atoms with E-state index in [0.29, 0.717) is 30.4 Å². The van der Waals surface area contributed by atoms with Crippen LogP contribution in [0.1, 0.15) is 6.42 Å². The molecule has 6 heteroatoms. The number of benzene rings is 2. The average molecular weight is 309 g/mol. The number of anilines is 3. The molecule has 1 aliphatic heterocycles. The van der Waals surface area contributed by atoms with Crippen molar-refractivity contribution in [2.45, 2.75) is 6.42 Å². The predicted octanol–water partition coefficient (Wildman–Crippen LogP) is 3.97. The van der Waals surface area contributed by atoms with Crippen LogP contribution in [0.3, 0.4) is 0 Å². The molecule has 0 aliphatic carbocycles. The zero-order valence-electron chi connectivity index (χ0n) is 11.2. The first-order valence-electron chi connectivity index (χ1n) is 6.54. The third-order valence-corrected chi connectivity index (χ3v) is 3.41.